The standard InChI is InChI=1S/C16H13F2N3O4S/c17-10-1-4-12(5-2-10)26(24,25)19-7-8-21-14-6-3-11(18)9-13(14)20-15(22)16(21)23/h1-6,9,19H,7-8H2,(H,20,22). The van der Waals surface area contributed by atoms with Crippen LogP contribution >= 0.6 is 0 Å². The van der Waals surface area contributed by atoms with E-state index in [1.807, 2.05) is 0 Å². The van der Waals surface area contributed by atoms with Crippen LogP contribution in [0.15, 0.2) is 56.9 Å². The fourth-order valence-electron chi connectivity index (χ4n) is 2.46. The Hall–Kier alpha value is -2.85. The number of nitrogens with one attached hydrogen (secondary N) is 2. The Labute approximate surface area is 146 Å². The zero-order chi connectivity index (χ0) is 18.9. The quantitative estimate of drug-likeness (QED) is 0.643. The lowest BCUT2D eigenvalue weighted by Gasteiger charge is -2.11. The fourth-order valence-corrected chi connectivity index (χ4v) is 3.48. The van der Waals surface area contributed by atoms with Crippen LogP contribution < -0.4 is 15.8 Å². The summed E-state index contributed by atoms with van der Waals surface area (Å²) in [5.41, 5.74) is -1.44. The van der Waals surface area contributed by atoms with E-state index in [4.69, 9.17) is 0 Å². The third-order valence-corrected chi connectivity index (χ3v) is 5.17. The van der Waals surface area contributed by atoms with Crippen LogP contribution in [0.25, 0.3) is 11.0 Å². The van der Waals surface area contributed by atoms with E-state index in [9.17, 15) is 26.8 Å². The number of benzene rings is 2. The maximum Gasteiger partial charge on any atom is 0.316 e. The molecule has 0 aliphatic rings. The molecule has 0 aliphatic heterocycles. The van der Waals surface area contributed by atoms with E-state index >= 15 is 0 Å². The van der Waals surface area contributed by atoms with Crippen LogP contribution in [0.3, 0.4) is 0 Å². The van der Waals surface area contributed by atoms with Crippen LogP contribution in [0.2, 0.25) is 0 Å². The fraction of sp³-hybridized carbons (Fsp3) is 0.125. The van der Waals surface area contributed by atoms with E-state index in [0.29, 0.717) is 0 Å². The number of halogens is 2. The van der Waals surface area contributed by atoms with Gasteiger partial charge in [-0.15, -0.1) is 0 Å². The molecule has 0 unspecified atom stereocenters. The molecule has 7 nitrogen and oxygen atoms in total. The number of nitrogens with zero attached hydrogens (tertiary/aromatic N) is 1. The first-order valence-corrected chi connectivity index (χ1v) is 8.94. The highest BCUT2D eigenvalue weighted by Gasteiger charge is 2.14. The molecular weight excluding hydrogens is 368 g/mol. The van der Waals surface area contributed by atoms with E-state index in [0.717, 1.165) is 41.0 Å². The molecule has 2 N–H and O–H groups in total. The van der Waals surface area contributed by atoms with Crippen LogP contribution in [0.1, 0.15) is 0 Å². The van der Waals surface area contributed by atoms with Crippen molar-refractivity contribution in [2.75, 3.05) is 6.54 Å². The van der Waals surface area contributed by atoms with Crippen LogP contribution in [-0.4, -0.2) is 24.5 Å². The summed E-state index contributed by atoms with van der Waals surface area (Å²) in [6.45, 7) is -0.346. The van der Waals surface area contributed by atoms with Gasteiger partial charge in [-0.25, -0.2) is 21.9 Å². The third-order valence-electron chi connectivity index (χ3n) is 3.69. The Kier molecular flexibility index (Phi) is 4.70. The van der Waals surface area contributed by atoms with Gasteiger partial charge >= 0.3 is 11.1 Å². The summed E-state index contributed by atoms with van der Waals surface area (Å²) in [5.74, 6) is -1.16. The third kappa shape index (κ3) is 3.55. The first-order valence-electron chi connectivity index (χ1n) is 7.45. The SMILES string of the molecule is O=c1[nH]c2cc(F)ccc2n(CCNS(=O)(=O)c2ccc(F)cc2)c1=O. The van der Waals surface area contributed by atoms with Gasteiger partial charge in [0, 0.05) is 13.1 Å². The molecule has 136 valence electrons. The second-order valence-electron chi connectivity index (χ2n) is 5.42. The minimum Gasteiger partial charge on any atom is -0.316 e. The highest BCUT2D eigenvalue weighted by Crippen LogP contribution is 2.11. The molecule has 3 aromatic rings. The van der Waals surface area contributed by atoms with E-state index in [1.165, 1.54) is 6.07 Å². The van der Waals surface area contributed by atoms with Gasteiger partial charge in [0.05, 0.1) is 15.9 Å². The number of fused-ring (bicyclic) bond motifs is 1. The molecule has 0 radical (unpaired) electrons. The summed E-state index contributed by atoms with van der Waals surface area (Å²) in [7, 11) is -3.91. The summed E-state index contributed by atoms with van der Waals surface area (Å²) < 4.78 is 53.8. The molecule has 0 saturated heterocycles. The van der Waals surface area contributed by atoms with E-state index < -0.39 is 32.8 Å². The number of rotatable bonds is 5. The lowest BCUT2D eigenvalue weighted by atomic mass is 10.3. The Balaban J connectivity index is 1.86. The maximum atomic E-state index is 13.3. The monoisotopic (exact) mass is 381 g/mol. The van der Waals surface area contributed by atoms with Crippen molar-refractivity contribution in [2.45, 2.75) is 11.4 Å². The lowest BCUT2D eigenvalue weighted by Crippen LogP contribution is -2.39. The molecule has 0 saturated carbocycles. The second-order valence-corrected chi connectivity index (χ2v) is 7.19. The first kappa shape index (κ1) is 18.0. The molecule has 0 fully saturated rings. The first-order chi connectivity index (χ1) is 12.3. The van der Waals surface area contributed by atoms with Gasteiger partial charge in [0.1, 0.15) is 11.6 Å². The smallest absolute Gasteiger partial charge is 0.316 e. The lowest BCUT2D eigenvalue weighted by molar-refractivity contribution is 0.571. The highest BCUT2D eigenvalue weighted by atomic mass is 32.2. The van der Waals surface area contributed by atoms with Crippen LogP contribution in [0, 0.1) is 11.6 Å². The maximum absolute atomic E-state index is 13.3. The Bertz CT molecular complexity index is 1180. The van der Waals surface area contributed by atoms with Gasteiger partial charge in [-0.2, -0.15) is 0 Å². The number of sulfonamides is 1. The number of aromatic nitrogens is 2. The second kappa shape index (κ2) is 6.81. The van der Waals surface area contributed by atoms with Gasteiger partial charge in [-0.1, -0.05) is 0 Å². The molecular formula is C16H13F2N3O4S. The van der Waals surface area contributed by atoms with Crippen LogP contribution in [0.4, 0.5) is 8.78 Å². The number of aromatic amines is 1. The molecule has 10 heteroatoms. The normalized spacial score (nSPS) is 11.8. The zero-order valence-electron chi connectivity index (χ0n) is 13.2. The zero-order valence-corrected chi connectivity index (χ0v) is 14.0. The molecule has 2 aromatic carbocycles. The van der Waals surface area contributed by atoms with Crippen molar-refractivity contribution < 1.29 is 17.2 Å². The molecule has 0 spiro atoms. The van der Waals surface area contributed by atoms with Crippen molar-refractivity contribution in [3.8, 4) is 0 Å². The van der Waals surface area contributed by atoms with Crippen molar-refractivity contribution in [1.29, 1.82) is 0 Å². The minimum atomic E-state index is -3.91. The summed E-state index contributed by atoms with van der Waals surface area (Å²) in [4.78, 5) is 25.9. The Morgan fingerprint density at radius 1 is 1.00 bits per heavy atom. The molecule has 0 bridgehead atoms. The van der Waals surface area contributed by atoms with Crippen molar-refractivity contribution in [1.82, 2.24) is 14.3 Å². The van der Waals surface area contributed by atoms with Crippen molar-refractivity contribution >= 4 is 21.1 Å². The average Bonchev–Trinajstić information content (AvgIpc) is 2.58. The summed E-state index contributed by atoms with van der Waals surface area (Å²) in [6.07, 6.45) is 0. The molecule has 0 aliphatic carbocycles. The topological polar surface area (TPSA) is 101 Å². The Morgan fingerprint density at radius 3 is 2.35 bits per heavy atom. The predicted octanol–water partition coefficient (Wildman–Crippen LogP) is 0.947. The summed E-state index contributed by atoms with van der Waals surface area (Å²) in [6, 6.07) is 7.74. The van der Waals surface area contributed by atoms with E-state index in [2.05, 4.69) is 9.71 Å². The molecule has 1 aromatic heterocycles. The van der Waals surface area contributed by atoms with Gasteiger partial charge in [-0.3, -0.25) is 9.59 Å². The highest BCUT2D eigenvalue weighted by molar-refractivity contribution is 7.89. The predicted molar refractivity (Wildman–Crippen MR) is 90.4 cm³/mol. The Morgan fingerprint density at radius 2 is 1.65 bits per heavy atom. The largest absolute Gasteiger partial charge is 0.316 e. The minimum absolute atomic E-state index is 0.121. The number of H-pyrrole nitrogens is 1. The summed E-state index contributed by atoms with van der Waals surface area (Å²) >= 11 is 0. The van der Waals surface area contributed by atoms with Gasteiger partial charge in [0.2, 0.25) is 10.0 Å². The van der Waals surface area contributed by atoms with Gasteiger partial charge in [-0.05, 0) is 42.5 Å². The van der Waals surface area contributed by atoms with E-state index in [1.54, 1.807) is 0 Å². The van der Waals surface area contributed by atoms with Crippen LogP contribution in [-0.2, 0) is 16.6 Å². The number of hydrogen-bond acceptors (Lipinski definition) is 4. The molecule has 0 atom stereocenters. The van der Waals surface area contributed by atoms with Crippen LogP contribution in [0.5, 0.6) is 0 Å². The van der Waals surface area contributed by atoms with Gasteiger partial charge in [0.25, 0.3) is 0 Å². The average molecular weight is 381 g/mol. The van der Waals surface area contributed by atoms with E-state index in [-0.39, 0.29) is 29.0 Å². The molecule has 0 amide bonds. The number of hydrogen-bond donors (Lipinski definition) is 2. The van der Waals surface area contributed by atoms with Crippen molar-refractivity contribution in [3.05, 3.63) is 74.8 Å². The summed E-state index contributed by atoms with van der Waals surface area (Å²) in [5, 5.41) is 0. The van der Waals surface area contributed by atoms with Crippen molar-refractivity contribution in [3.63, 3.8) is 0 Å². The molecule has 3 rings (SSSR count). The van der Waals surface area contributed by atoms with Crippen molar-refractivity contribution in [2.24, 2.45) is 0 Å². The van der Waals surface area contributed by atoms with Gasteiger partial charge in [0.15, 0.2) is 0 Å². The molecule has 1 heterocycles. The molecule has 26 heavy (non-hydrogen) atoms. The van der Waals surface area contributed by atoms with Gasteiger partial charge < -0.3 is 9.55 Å².